The summed E-state index contributed by atoms with van der Waals surface area (Å²) in [6, 6.07) is 5.20. The van der Waals surface area contributed by atoms with Crippen molar-refractivity contribution in [2.45, 2.75) is 37.4 Å². The van der Waals surface area contributed by atoms with Gasteiger partial charge in [-0.25, -0.2) is 18.7 Å². The summed E-state index contributed by atoms with van der Waals surface area (Å²) in [7, 11) is 0. The fourth-order valence-corrected chi connectivity index (χ4v) is 4.81. The fraction of sp³-hybridized carbons (Fsp3) is 0.320. The maximum Gasteiger partial charge on any atom is 0.416 e. The summed E-state index contributed by atoms with van der Waals surface area (Å²) in [4.78, 5) is 35.9. The van der Waals surface area contributed by atoms with E-state index in [1.54, 1.807) is 6.07 Å². The quantitative estimate of drug-likeness (QED) is 0.282. The van der Waals surface area contributed by atoms with Gasteiger partial charge in [0, 0.05) is 25.2 Å². The second-order valence-corrected chi connectivity index (χ2v) is 9.42. The lowest BCUT2D eigenvalue weighted by atomic mass is 9.85. The van der Waals surface area contributed by atoms with Crippen molar-refractivity contribution >= 4 is 17.1 Å². The third-order valence-electron chi connectivity index (χ3n) is 7.10. The zero-order valence-electron chi connectivity index (χ0n) is 19.8. The number of carbonyl (C=O) groups excluding carboxylic acids is 1. The van der Waals surface area contributed by atoms with Crippen LogP contribution in [-0.4, -0.2) is 48.2 Å². The Kier molecular flexibility index (Phi) is 5.47. The molecule has 1 saturated heterocycles. The van der Waals surface area contributed by atoms with Gasteiger partial charge in [0.1, 0.15) is 5.52 Å². The lowest BCUT2D eigenvalue weighted by Crippen LogP contribution is -2.52. The minimum absolute atomic E-state index is 0.0271. The van der Waals surface area contributed by atoms with E-state index in [9.17, 15) is 27.2 Å². The zero-order valence-corrected chi connectivity index (χ0v) is 19.8. The molecule has 2 aliphatic rings. The number of likely N-dealkylation sites (tertiary alicyclic amines) is 1. The molecule has 4 heterocycles. The monoisotopic (exact) mass is 528 g/mol. The molecule has 1 amide bonds. The van der Waals surface area contributed by atoms with Gasteiger partial charge in [-0.15, -0.1) is 0 Å². The first kappa shape index (κ1) is 24.1. The number of rotatable bonds is 5. The molecule has 0 N–H and O–H groups in total. The van der Waals surface area contributed by atoms with Crippen molar-refractivity contribution in [3.8, 4) is 17.1 Å². The molecule has 0 bridgehead atoms. The number of pyridine rings is 1. The van der Waals surface area contributed by atoms with Crippen LogP contribution in [0.2, 0.25) is 0 Å². The first-order valence-corrected chi connectivity index (χ1v) is 11.9. The first-order chi connectivity index (χ1) is 18.1. The van der Waals surface area contributed by atoms with E-state index in [0.29, 0.717) is 16.9 Å². The van der Waals surface area contributed by atoms with Gasteiger partial charge < -0.3 is 9.42 Å². The van der Waals surface area contributed by atoms with Gasteiger partial charge in [-0.1, -0.05) is 18.2 Å². The Balaban J connectivity index is 1.50. The van der Waals surface area contributed by atoms with Crippen molar-refractivity contribution in [2.75, 3.05) is 13.1 Å². The summed E-state index contributed by atoms with van der Waals surface area (Å²) >= 11 is 0. The smallest absolute Gasteiger partial charge is 0.334 e. The highest BCUT2D eigenvalue weighted by atomic mass is 19.4. The van der Waals surface area contributed by atoms with Crippen molar-refractivity contribution < 1.29 is 26.9 Å². The highest BCUT2D eigenvalue weighted by Crippen LogP contribution is 2.37. The normalized spacial score (nSPS) is 16.5. The molecule has 3 aromatic heterocycles. The van der Waals surface area contributed by atoms with Crippen molar-refractivity contribution in [1.29, 1.82) is 0 Å². The van der Waals surface area contributed by atoms with Gasteiger partial charge in [0.25, 0.3) is 11.8 Å². The Morgan fingerprint density at radius 3 is 2.42 bits per heavy atom. The van der Waals surface area contributed by atoms with Gasteiger partial charge in [0.15, 0.2) is 17.3 Å². The number of aromatic nitrogens is 5. The molecule has 0 spiro atoms. The highest BCUT2D eigenvalue weighted by Gasteiger charge is 2.37. The first-order valence-electron chi connectivity index (χ1n) is 11.9. The topological polar surface area (TPSA) is 99.1 Å². The molecule has 9 nitrogen and oxygen atoms in total. The molecule has 1 aliphatic heterocycles. The van der Waals surface area contributed by atoms with E-state index in [1.165, 1.54) is 32.4 Å². The zero-order chi connectivity index (χ0) is 26.8. The Morgan fingerprint density at radius 2 is 1.82 bits per heavy atom. The molecular weight excluding hydrogens is 508 g/mol. The summed E-state index contributed by atoms with van der Waals surface area (Å²) in [5.74, 6) is -1.05. The second-order valence-electron chi connectivity index (χ2n) is 9.42. The van der Waals surface area contributed by atoms with Crippen LogP contribution in [0.25, 0.3) is 28.3 Å². The Labute approximate surface area is 212 Å². The average Bonchev–Trinajstić information content (AvgIpc) is 3.39. The molecule has 0 unspecified atom stereocenters. The standard InChI is InChI=1S/C25H20F4N6O3/c1-13(26)23(36)33-11-17(12-33)34-19-18(22-31-20(32-38-22)14-3-2-4-14)9-10-30-21(19)35(24(34)37)16-7-5-15(6-8-16)25(27,28)29/h5-10,14,17H,1-4,11-12H2. The number of amides is 1. The summed E-state index contributed by atoms with van der Waals surface area (Å²) in [6.45, 7) is 3.08. The Hall–Kier alpha value is -4.29. The number of nitrogens with zero attached hydrogens (tertiary/aromatic N) is 6. The van der Waals surface area contributed by atoms with Crippen molar-refractivity contribution in [3.63, 3.8) is 0 Å². The van der Waals surface area contributed by atoms with Crippen LogP contribution < -0.4 is 5.69 Å². The van der Waals surface area contributed by atoms with E-state index in [4.69, 9.17) is 4.52 Å². The van der Waals surface area contributed by atoms with Crippen LogP contribution >= 0.6 is 0 Å². The van der Waals surface area contributed by atoms with Crippen molar-refractivity contribution in [1.82, 2.24) is 29.2 Å². The lowest BCUT2D eigenvalue weighted by molar-refractivity contribution is -0.137. The average molecular weight is 528 g/mol. The van der Waals surface area contributed by atoms with E-state index in [2.05, 4.69) is 21.7 Å². The number of hydrogen-bond donors (Lipinski definition) is 0. The number of benzene rings is 1. The van der Waals surface area contributed by atoms with Crippen LogP contribution in [0.5, 0.6) is 0 Å². The maximum absolute atomic E-state index is 13.8. The minimum Gasteiger partial charge on any atom is -0.334 e. The van der Waals surface area contributed by atoms with Crippen LogP contribution in [0.3, 0.4) is 0 Å². The van der Waals surface area contributed by atoms with Gasteiger partial charge in [0.05, 0.1) is 22.9 Å². The number of halogens is 4. The van der Waals surface area contributed by atoms with Gasteiger partial charge in [-0.05, 0) is 43.2 Å². The van der Waals surface area contributed by atoms with Crippen LogP contribution in [0.15, 0.2) is 58.3 Å². The molecule has 2 fully saturated rings. The predicted octanol–water partition coefficient (Wildman–Crippen LogP) is 4.39. The lowest BCUT2D eigenvalue weighted by Gasteiger charge is -2.39. The van der Waals surface area contributed by atoms with Crippen molar-refractivity contribution in [2.24, 2.45) is 0 Å². The molecule has 4 aromatic rings. The maximum atomic E-state index is 13.8. The molecule has 196 valence electrons. The van der Waals surface area contributed by atoms with Crippen molar-refractivity contribution in [3.05, 3.63) is 70.8 Å². The molecule has 6 rings (SSSR count). The van der Waals surface area contributed by atoms with E-state index < -0.39 is 35.2 Å². The largest absolute Gasteiger partial charge is 0.416 e. The van der Waals surface area contributed by atoms with Gasteiger partial charge >= 0.3 is 11.9 Å². The minimum atomic E-state index is -4.54. The summed E-state index contributed by atoms with van der Waals surface area (Å²) in [5, 5.41) is 4.09. The number of hydrogen-bond acceptors (Lipinski definition) is 6. The molecule has 0 radical (unpaired) electrons. The molecule has 13 heteroatoms. The van der Waals surface area contributed by atoms with Crippen LogP contribution in [0.1, 0.15) is 42.6 Å². The molecule has 1 aromatic carbocycles. The molecule has 1 saturated carbocycles. The Bertz CT molecular complexity index is 1630. The van der Waals surface area contributed by atoms with Crippen LogP contribution in [0.4, 0.5) is 17.6 Å². The summed E-state index contributed by atoms with van der Waals surface area (Å²) < 4.78 is 60.9. The third-order valence-corrected chi connectivity index (χ3v) is 7.10. The fourth-order valence-electron chi connectivity index (χ4n) is 4.81. The predicted molar refractivity (Wildman–Crippen MR) is 126 cm³/mol. The second kappa shape index (κ2) is 8.64. The van der Waals surface area contributed by atoms with E-state index in [1.807, 2.05) is 0 Å². The SMILES string of the molecule is C=C(F)C(=O)N1CC(n2c(=O)n(-c3ccc(C(F)(F)F)cc3)c3nccc(-c4nc(C5CCC5)no4)c32)C1. The third kappa shape index (κ3) is 3.80. The Morgan fingerprint density at radius 1 is 1.11 bits per heavy atom. The van der Waals surface area contributed by atoms with Gasteiger partial charge in [-0.2, -0.15) is 18.2 Å². The molecule has 1 aliphatic carbocycles. The number of carbonyl (C=O) groups is 1. The molecule has 0 atom stereocenters. The highest BCUT2D eigenvalue weighted by molar-refractivity contribution is 5.92. The molecular formula is C25H20F4N6O3. The molecule has 38 heavy (non-hydrogen) atoms. The van der Waals surface area contributed by atoms with Crippen LogP contribution in [-0.2, 0) is 11.0 Å². The van der Waals surface area contributed by atoms with E-state index in [-0.39, 0.29) is 36.2 Å². The number of alkyl halides is 3. The van der Waals surface area contributed by atoms with Gasteiger partial charge in [0.2, 0.25) is 0 Å². The number of fused-ring (bicyclic) bond motifs is 1. The summed E-state index contributed by atoms with van der Waals surface area (Å²) in [5.41, 5.74) is -0.389. The summed E-state index contributed by atoms with van der Waals surface area (Å²) in [6.07, 6.45) is -0.122. The number of imidazole rings is 1. The van der Waals surface area contributed by atoms with E-state index >= 15 is 0 Å². The van der Waals surface area contributed by atoms with E-state index in [0.717, 1.165) is 31.4 Å². The van der Waals surface area contributed by atoms with Gasteiger partial charge in [-0.3, -0.25) is 9.36 Å². The van der Waals surface area contributed by atoms with Crippen LogP contribution in [0, 0.1) is 0 Å².